The molecule has 0 saturated carbocycles. The number of rotatable bonds is 2. The zero-order valence-electron chi connectivity index (χ0n) is 7.57. The third kappa shape index (κ3) is 2.17. The zero-order valence-corrected chi connectivity index (χ0v) is 7.57. The van der Waals surface area contributed by atoms with Gasteiger partial charge >= 0.3 is 0 Å². The first kappa shape index (κ1) is 9.93. The predicted octanol–water partition coefficient (Wildman–Crippen LogP) is 1.33. The van der Waals surface area contributed by atoms with Gasteiger partial charge in [-0.05, 0) is 18.2 Å². The molecule has 0 radical (unpaired) electrons. The second-order valence-electron chi connectivity index (χ2n) is 2.71. The van der Waals surface area contributed by atoms with Crippen LogP contribution in [0.15, 0.2) is 18.2 Å². The Labute approximate surface area is 81.2 Å². The van der Waals surface area contributed by atoms with Crippen molar-refractivity contribution in [2.75, 3.05) is 5.32 Å². The number of hydrogen-bond acceptors (Lipinski definition) is 3. The van der Waals surface area contributed by atoms with Crippen molar-refractivity contribution in [3.05, 3.63) is 29.3 Å². The molecule has 4 nitrogen and oxygen atoms in total. The number of nitrogens with zero attached hydrogens (tertiary/aromatic N) is 1. The maximum atomic E-state index is 10.8. The summed E-state index contributed by atoms with van der Waals surface area (Å²) in [5.74, 6) is -0.275. The van der Waals surface area contributed by atoms with Crippen molar-refractivity contribution in [3.8, 4) is 6.07 Å². The van der Waals surface area contributed by atoms with Crippen LogP contribution >= 0.6 is 0 Å². The van der Waals surface area contributed by atoms with E-state index in [1.807, 2.05) is 6.07 Å². The Morgan fingerprint density at radius 2 is 2.29 bits per heavy atom. The maximum Gasteiger partial charge on any atom is 0.221 e. The van der Waals surface area contributed by atoms with Gasteiger partial charge < -0.3 is 5.32 Å². The van der Waals surface area contributed by atoms with Gasteiger partial charge in [-0.2, -0.15) is 5.26 Å². The van der Waals surface area contributed by atoms with E-state index in [0.717, 1.165) is 0 Å². The minimum absolute atomic E-state index is 0.275. The van der Waals surface area contributed by atoms with E-state index in [-0.39, 0.29) is 5.91 Å². The molecule has 1 aromatic rings. The third-order valence-corrected chi connectivity index (χ3v) is 1.62. The highest BCUT2D eigenvalue weighted by atomic mass is 16.1. The number of carbonyl (C=O) groups excluding carboxylic acids is 2. The smallest absolute Gasteiger partial charge is 0.221 e. The lowest BCUT2D eigenvalue weighted by Gasteiger charge is -2.04. The highest BCUT2D eigenvalue weighted by Gasteiger charge is 2.04. The Bertz CT molecular complexity index is 419. The van der Waals surface area contributed by atoms with Gasteiger partial charge in [0.05, 0.1) is 17.3 Å². The van der Waals surface area contributed by atoms with E-state index in [4.69, 9.17) is 5.26 Å². The topological polar surface area (TPSA) is 70.0 Å². The van der Waals surface area contributed by atoms with E-state index >= 15 is 0 Å². The summed E-state index contributed by atoms with van der Waals surface area (Å²) in [5, 5.41) is 11.1. The molecule has 0 atom stereocenters. The normalized spacial score (nSPS) is 8.86. The monoisotopic (exact) mass is 188 g/mol. The van der Waals surface area contributed by atoms with E-state index in [9.17, 15) is 9.59 Å². The van der Waals surface area contributed by atoms with Crippen molar-refractivity contribution in [1.29, 1.82) is 5.26 Å². The van der Waals surface area contributed by atoms with Crippen LogP contribution in [0, 0.1) is 11.3 Å². The van der Waals surface area contributed by atoms with Gasteiger partial charge in [-0.1, -0.05) is 0 Å². The van der Waals surface area contributed by atoms with Gasteiger partial charge in [0, 0.05) is 12.5 Å². The Hall–Kier alpha value is -2.15. The minimum atomic E-state index is -0.275. The van der Waals surface area contributed by atoms with Gasteiger partial charge in [0.1, 0.15) is 0 Å². The molecule has 0 heterocycles. The fourth-order valence-corrected chi connectivity index (χ4v) is 1.03. The summed E-state index contributed by atoms with van der Waals surface area (Å²) in [7, 11) is 0. The molecule has 1 amide bonds. The predicted molar refractivity (Wildman–Crippen MR) is 50.8 cm³/mol. The summed E-state index contributed by atoms with van der Waals surface area (Å²) in [5.41, 5.74) is 1.13. The zero-order chi connectivity index (χ0) is 10.6. The number of amides is 1. The van der Waals surface area contributed by atoms with E-state index in [1.165, 1.54) is 25.1 Å². The first-order chi connectivity index (χ1) is 6.67. The van der Waals surface area contributed by atoms with Crippen molar-refractivity contribution >= 4 is 17.9 Å². The summed E-state index contributed by atoms with van der Waals surface area (Å²) < 4.78 is 0. The summed E-state index contributed by atoms with van der Waals surface area (Å²) in [6, 6.07) is 6.41. The maximum absolute atomic E-state index is 10.8. The van der Waals surface area contributed by atoms with Crippen molar-refractivity contribution in [2.45, 2.75) is 6.92 Å². The van der Waals surface area contributed by atoms with Gasteiger partial charge in [-0.3, -0.25) is 9.59 Å². The molecule has 1 aromatic carbocycles. The average molecular weight is 188 g/mol. The third-order valence-electron chi connectivity index (χ3n) is 1.62. The number of hydrogen-bond donors (Lipinski definition) is 1. The molecule has 0 spiro atoms. The van der Waals surface area contributed by atoms with Crippen molar-refractivity contribution < 1.29 is 9.59 Å². The van der Waals surface area contributed by atoms with Crippen LogP contribution in [-0.4, -0.2) is 12.2 Å². The Balaban J connectivity index is 3.16. The van der Waals surface area contributed by atoms with Crippen LogP contribution in [0.4, 0.5) is 5.69 Å². The van der Waals surface area contributed by atoms with Crippen LogP contribution in [0.1, 0.15) is 22.8 Å². The highest BCUT2D eigenvalue weighted by molar-refractivity contribution is 5.95. The Morgan fingerprint density at radius 1 is 1.57 bits per heavy atom. The molecule has 0 bridgehead atoms. The van der Waals surface area contributed by atoms with Crippen molar-refractivity contribution in [1.82, 2.24) is 0 Å². The summed E-state index contributed by atoms with van der Waals surface area (Å²) in [6.07, 6.45) is 0.631. The SMILES string of the molecule is CC(=O)Nc1cc(C#N)ccc1C=O. The largest absolute Gasteiger partial charge is 0.326 e. The van der Waals surface area contributed by atoms with Crippen molar-refractivity contribution in [3.63, 3.8) is 0 Å². The second kappa shape index (κ2) is 4.19. The lowest BCUT2D eigenvalue weighted by atomic mass is 10.1. The molecule has 4 heteroatoms. The van der Waals surface area contributed by atoms with E-state index in [2.05, 4.69) is 5.32 Å². The molecule has 0 aliphatic heterocycles. The van der Waals surface area contributed by atoms with Gasteiger partial charge in [0.15, 0.2) is 6.29 Å². The van der Waals surface area contributed by atoms with Crippen LogP contribution in [0.3, 0.4) is 0 Å². The van der Waals surface area contributed by atoms with Crippen molar-refractivity contribution in [2.24, 2.45) is 0 Å². The van der Waals surface area contributed by atoms with Gasteiger partial charge in [-0.15, -0.1) is 0 Å². The first-order valence-electron chi connectivity index (χ1n) is 3.94. The number of anilines is 1. The van der Waals surface area contributed by atoms with E-state index in [0.29, 0.717) is 23.1 Å². The standard InChI is InChI=1S/C10H8N2O2/c1-7(14)12-10-4-8(5-11)2-3-9(10)6-13/h2-4,6H,1H3,(H,12,14). The van der Waals surface area contributed by atoms with Crippen LogP contribution in [-0.2, 0) is 4.79 Å². The molecular formula is C10H8N2O2. The van der Waals surface area contributed by atoms with Gasteiger partial charge in [0.2, 0.25) is 5.91 Å². The molecule has 70 valence electrons. The number of benzene rings is 1. The number of carbonyl (C=O) groups is 2. The summed E-state index contributed by atoms with van der Waals surface area (Å²) >= 11 is 0. The highest BCUT2D eigenvalue weighted by Crippen LogP contribution is 2.15. The molecule has 0 fully saturated rings. The molecule has 0 unspecified atom stereocenters. The number of nitrogens with one attached hydrogen (secondary N) is 1. The summed E-state index contributed by atoms with van der Waals surface area (Å²) in [6.45, 7) is 1.34. The van der Waals surface area contributed by atoms with Crippen LogP contribution in [0.5, 0.6) is 0 Å². The molecule has 0 aliphatic rings. The average Bonchev–Trinajstić information content (AvgIpc) is 2.16. The van der Waals surface area contributed by atoms with E-state index < -0.39 is 0 Å². The Kier molecular flexibility index (Phi) is 2.97. The Morgan fingerprint density at radius 3 is 2.79 bits per heavy atom. The first-order valence-corrected chi connectivity index (χ1v) is 3.94. The minimum Gasteiger partial charge on any atom is -0.326 e. The molecule has 0 aliphatic carbocycles. The molecule has 1 rings (SSSR count). The molecular weight excluding hydrogens is 180 g/mol. The lowest BCUT2D eigenvalue weighted by Crippen LogP contribution is -2.08. The molecule has 14 heavy (non-hydrogen) atoms. The lowest BCUT2D eigenvalue weighted by molar-refractivity contribution is -0.114. The molecule has 1 N–H and O–H groups in total. The number of nitriles is 1. The summed E-state index contributed by atoms with van der Waals surface area (Å²) in [4.78, 5) is 21.3. The van der Waals surface area contributed by atoms with E-state index in [1.54, 1.807) is 0 Å². The van der Waals surface area contributed by atoms with Crippen LogP contribution < -0.4 is 5.32 Å². The molecule has 0 aromatic heterocycles. The second-order valence-corrected chi connectivity index (χ2v) is 2.71. The molecule has 0 saturated heterocycles. The van der Waals surface area contributed by atoms with Gasteiger partial charge in [-0.25, -0.2) is 0 Å². The fourth-order valence-electron chi connectivity index (χ4n) is 1.03. The number of aldehydes is 1. The fraction of sp³-hybridized carbons (Fsp3) is 0.100. The van der Waals surface area contributed by atoms with Crippen LogP contribution in [0.25, 0.3) is 0 Å². The van der Waals surface area contributed by atoms with Gasteiger partial charge in [0.25, 0.3) is 0 Å². The van der Waals surface area contributed by atoms with Crippen LogP contribution in [0.2, 0.25) is 0 Å². The quantitative estimate of drug-likeness (QED) is 0.711.